The second kappa shape index (κ2) is 15.5. The van der Waals surface area contributed by atoms with Gasteiger partial charge in [0.2, 0.25) is 0 Å². The number of rotatable bonds is 11. The van der Waals surface area contributed by atoms with Gasteiger partial charge in [0.05, 0.1) is 29.8 Å². The van der Waals surface area contributed by atoms with E-state index in [9.17, 15) is 9.59 Å². The van der Waals surface area contributed by atoms with E-state index in [1.807, 2.05) is 24.3 Å². The predicted octanol–water partition coefficient (Wildman–Crippen LogP) is 8.18. The van der Waals surface area contributed by atoms with Crippen LogP contribution in [0.25, 0.3) is 0 Å². The molecule has 1 unspecified atom stereocenters. The zero-order valence-electron chi connectivity index (χ0n) is 37.2. The summed E-state index contributed by atoms with van der Waals surface area (Å²) >= 11 is 0. The Morgan fingerprint density at radius 1 is 0.742 bits per heavy atom. The van der Waals surface area contributed by atoms with Gasteiger partial charge in [-0.2, -0.15) is 0 Å². The summed E-state index contributed by atoms with van der Waals surface area (Å²) in [5, 5.41) is 4.79. The quantitative estimate of drug-likeness (QED) is 0.0862. The Hall–Kier alpha value is -4.19. The van der Waals surface area contributed by atoms with Gasteiger partial charge in [0.25, 0.3) is 16.6 Å². The standard InChI is InChI=1S/C54H62O6Si2/c1-36-33-47(58-51(56)43(36)35-57-61(5,38-19-11-7-12-20-38)39-21-13-8-14-22-39)37(2)44-27-28-45-42-34-50-54(59-50)49(30-29-48(55)53(54,4)46(42)31-32-52(44,45)3)60-62(6,40-23-15-9-16-24-40)41-25-17-10-18-26-41/h7-26,29-30,37,42,44-47,49-50H,27-28,31-35H2,1-6H3/t37-,42-,44+,45-,46-,47+,49?,50+,52+,53-,54+/m0/s1. The number of fused-ring (bicyclic) bond motifs is 4. The van der Waals surface area contributed by atoms with Crippen molar-refractivity contribution in [2.45, 2.75) is 103 Å². The lowest BCUT2D eigenvalue weighted by Crippen LogP contribution is -2.68. The summed E-state index contributed by atoms with van der Waals surface area (Å²) in [4.78, 5) is 28.5. The fourth-order valence-electron chi connectivity index (χ4n) is 13.9. The molecule has 11 atom stereocenters. The maximum atomic E-state index is 14.5. The van der Waals surface area contributed by atoms with Gasteiger partial charge in [0.15, 0.2) is 5.78 Å². The van der Waals surface area contributed by atoms with Crippen LogP contribution in [0.5, 0.6) is 0 Å². The molecule has 4 aliphatic carbocycles. The van der Waals surface area contributed by atoms with Crippen LogP contribution < -0.4 is 20.7 Å². The zero-order chi connectivity index (χ0) is 43.1. The first-order chi connectivity index (χ1) is 29.8. The van der Waals surface area contributed by atoms with Crippen LogP contribution in [-0.2, 0) is 27.9 Å². The van der Waals surface area contributed by atoms with E-state index in [2.05, 4.69) is 150 Å². The van der Waals surface area contributed by atoms with E-state index in [-0.39, 0.29) is 53.9 Å². The fraction of sp³-hybridized carbons (Fsp3) is 0.444. The molecule has 0 N–H and O–H groups in total. The largest absolute Gasteiger partial charge is 0.458 e. The highest BCUT2D eigenvalue weighted by molar-refractivity contribution is 6.97. The molecule has 4 aromatic rings. The van der Waals surface area contributed by atoms with Crippen molar-refractivity contribution in [3.63, 3.8) is 0 Å². The molecule has 2 heterocycles. The highest BCUT2D eigenvalue weighted by Crippen LogP contribution is 2.73. The summed E-state index contributed by atoms with van der Waals surface area (Å²) < 4.78 is 27.8. The molecule has 3 saturated carbocycles. The summed E-state index contributed by atoms with van der Waals surface area (Å²) in [5.41, 5.74) is 0.532. The van der Waals surface area contributed by atoms with Crippen LogP contribution in [0.3, 0.4) is 0 Å². The van der Waals surface area contributed by atoms with Gasteiger partial charge in [-0.15, -0.1) is 0 Å². The number of benzene rings is 4. The van der Waals surface area contributed by atoms with Crippen molar-refractivity contribution in [3.05, 3.63) is 145 Å². The molecule has 2 aliphatic heterocycles. The highest BCUT2D eigenvalue weighted by Gasteiger charge is 2.81. The number of hydrogen-bond donors (Lipinski definition) is 0. The Labute approximate surface area is 370 Å². The number of epoxide rings is 1. The van der Waals surface area contributed by atoms with E-state index in [0.717, 1.165) is 44.1 Å². The van der Waals surface area contributed by atoms with Gasteiger partial charge in [-0.1, -0.05) is 147 Å². The van der Waals surface area contributed by atoms with Gasteiger partial charge in [0.1, 0.15) is 11.7 Å². The summed E-state index contributed by atoms with van der Waals surface area (Å²) in [6.07, 6.45) is 9.38. The molecule has 6 aliphatic rings. The average molecular weight is 863 g/mol. The molecular formula is C54H62O6Si2. The number of esters is 1. The minimum atomic E-state index is -2.70. The third-order valence-electron chi connectivity index (χ3n) is 17.6. The molecule has 1 spiro atoms. The SMILES string of the molecule is CC1=C(CO[Si](C)(c2ccccc2)c2ccccc2)C(=O)O[C@@H]([C@@H](C)[C@H]2CC[C@H]3[C@@H]4C[C@H]5O[C@]56C(O[Si](C)(c5ccccc5)c5ccccc5)C=CC(=O)[C@]6(C)[C@H]4CC[C@]23C)C1. The predicted molar refractivity (Wildman–Crippen MR) is 250 cm³/mol. The third-order valence-corrected chi connectivity index (χ3v) is 24.8. The van der Waals surface area contributed by atoms with Crippen LogP contribution in [-0.4, -0.2) is 58.9 Å². The molecule has 0 amide bonds. The minimum Gasteiger partial charge on any atom is -0.458 e. The smallest absolute Gasteiger partial charge is 0.336 e. The van der Waals surface area contributed by atoms with Crippen molar-refractivity contribution in [2.24, 2.45) is 40.4 Å². The Morgan fingerprint density at radius 3 is 1.84 bits per heavy atom. The second-order valence-corrected chi connectivity index (χ2v) is 27.3. The molecule has 1 saturated heterocycles. The maximum absolute atomic E-state index is 14.5. The molecule has 322 valence electrons. The molecule has 4 aromatic carbocycles. The van der Waals surface area contributed by atoms with Crippen LogP contribution in [0.15, 0.2) is 145 Å². The molecular weight excluding hydrogens is 801 g/mol. The van der Waals surface area contributed by atoms with E-state index < -0.39 is 27.7 Å². The molecule has 8 heteroatoms. The van der Waals surface area contributed by atoms with Crippen LogP contribution >= 0.6 is 0 Å². The van der Waals surface area contributed by atoms with E-state index >= 15 is 0 Å². The number of hydrogen-bond acceptors (Lipinski definition) is 6. The number of carbonyl (C=O) groups is 2. The van der Waals surface area contributed by atoms with Crippen molar-refractivity contribution in [1.82, 2.24) is 0 Å². The van der Waals surface area contributed by atoms with E-state index in [1.54, 1.807) is 0 Å². The molecule has 0 aromatic heterocycles. The van der Waals surface area contributed by atoms with E-state index in [4.69, 9.17) is 18.3 Å². The summed E-state index contributed by atoms with van der Waals surface area (Å²) in [7, 11) is -5.29. The monoisotopic (exact) mass is 862 g/mol. The number of carbonyl (C=O) groups excluding carboxylic acids is 2. The topological polar surface area (TPSA) is 74.4 Å². The van der Waals surface area contributed by atoms with Crippen LogP contribution in [0.4, 0.5) is 0 Å². The van der Waals surface area contributed by atoms with Crippen molar-refractivity contribution in [3.8, 4) is 0 Å². The molecule has 0 radical (unpaired) electrons. The van der Waals surface area contributed by atoms with Gasteiger partial charge >= 0.3 is 5.97 Å². The van der Waals surface area contributed by atoms with Crippen molar-refractivity contribution in [2.75, 3.05) is 6.61 Å². The molecule has 6 nitrogen and oxygen atoms in total. The lowest BCUT2D eigenvalue weighted by atomic mass is 9.44. The van der Waals surface area contributed by atoms with Crippen molar-refractivity contribution in [1.29, 1.82) is 0 Å². The lowest BCUT2D eigenvalue weighted by molar-refractivity contribution is -0.155. The normalized spacial score (nSPS) is 34.4. The van der Waals surface area contributed by atoms with Gasteiger partial charge in [0, 0.05) is 6.42 Å². The molecule has 10 rings (SSSR count). The van der Waals surface area contributed by atoms with Crippen LogP contribution in [0, 0.1) is 40.4 Å². The Morgan fingerprint density at radius 2 is 1.29 bits per heavy atom. The summed E-state index contributed by atoms with van der Waals surface area (Å²) in [6, 6.07) is 42.2. The molecule has 62 heavy (non-hydrogen) atoms. The number of ketones is 1. The lowest BCUT2D eigenvalue weighted by Gasteiger charge is -2.59. The van der Waals surface area contributed by atoms with Gasteiger partial charge in [-0.3, -0.25) is 4.79 Å². The Kier molecular flexibility index (Phi) is 10.5. The van der Waals surface area contributed by atoms with Crippen molar-refractivity contribution < 1.29 is 27.9 Å². The second-order valence-electron chi connectivity index (χ2n) is 20.3. The van der Waals surface area contributed by atoms with Crippen LogP contribution in [0.2, 0.25) is 13.1 Å². The average Bonchev–Trinajstić information content (AvgIpc) is 3.93. The van der Waals surface area contributed by atoms with Gasteiger partial charge in [-0.25, -0.2) is 4.79 Å². The van der Waals surface area contributed by atoms with E-state index in [1.165, 1.54) is 20.7 Å². The molecule has 4 fully saturated rings. The zero-order valence-corrected chi connectivity index (χ0v) is 39.2. The summed E-state index contributed by atoms with van der Waals surface area (Å²) in [6.45, 7) is 14.0. The maximum Gasteiger partial charge on any atom is 0.336 e. The first-order valence-corrected chi connectivity index (χ1v) is 28.0. The van der Waals surface area contributed by atoms with Crippen molar-refractivity contribution >= 4 is 49.1 Å². The van der Waals surface area contributed by atoms with Gasteiger partial charge in [-0.05, 0) is 121 Å². The number of cyclic esters (lactones) is 1. The first kappa shape index (κ1) is 41.8. The first-order valence-electron chi connectivity index (χ1n) is 23.2. The number of ether oxygens (including phenoxy) is 2. The fourth-order valence-corrected chi connectivity index (χ4v) is 19.7. The Bertz CT molecular complexity index is 2310. The van der Waals surface area contributed by atoms with E-state index in [0.29, 0.717) is 23.3 Å². The molecule has 0 bridgehead atoms. The Balaban J connectivity index is 0.864. The highest BCUT2D eigenvalue weighted by atomic mass is 28.4. The number of allylic oxidation sites excluding steroid dienone is 1. The summed E-state index contributed by atoms with van der Waals surface area (Å²) in [5.74, 6) is 1.71. The third kappa shape index (κ3) is 6.33. The van der Waals surface area contributed by atoms with Gasteiger partial charge < -0.3 is 18.3 Å². The minimum absolute atomic E-state index is 0.0160. The van der Waals surface area contributed by atoms with Crippen LogP contribution in [0.1, 0.15) is 66.2 Å².